The van der Waals surface area contributed by atoms with Crippen LogP contribution >= 0.6 is 23.1 Å². The number of nitrogens with zero attached hydrogens (tertiary/aromatic N) is 1. The van der Waals surface area contributed by atoms with Gasteiger partial charge in [0.2, 0.25) is 5.91 Å². The minimum Gasteiger partial charge on any atom is -0.465 e. The van der Waals surface area contributed by atoms with Crippen molar-refractivity contribution in [1.29, 1.82) is 0 Å². The minimum atomic E-state index is -0.521. The van der Waals surface area contributed by atoms with Crippen molar-refractivity contribution in [2.75, 3.05) is 10.6 Å². The molecule has 0 saturated carbocycles. The fourth-order valence-corrected chi connectivity index (χ4v) is 4.51. The number of aromatic nitrogens is 1. The first kappa shape index (κ1) is 25.0. The zero-order valence-corrected chi connectivity index (χ0v) is 20.8. The maximum atomic E-state index is 13.1. The molecular weight excluding hydrogens is 496 g/mol. The molecule has 2 aromatic carbocycles. The highest BCUT2D eigenvalue weighted by atomic mass is 32.2. The molecule has 0 aliphatic rings. The predicted molar refractivity (Wildman–Crippen MR) is 142 cm³/mol. The Hall–Kier alpha value is -4.15. The van der Waals surface area contributed by atoms with Crippen LogP contribution in [0.15, 0.2) is 99.6 Å². The average Bonchev–Trinajstić information content (AvgIpc) is 3.59. The minimum absolute atomic E-state index is 0.0213. The van der Waals surface area contributed by atoms with Crippen LogP contribution in [-0.2, 0) is 9.59 Å². The molecule has 3 amide bonds. The maximum Gasteiger partial charge on any atom is 0.272 e. The molecule has 0 bridgehead atoms. The predicted octanol–water partition coefficient (Wildman–Crippen LogP) is 5.27. The largest absolute Gasteiger partial charge is 0.465 e. The Labute approximate surface area is 215 Å². The number of amides is 3. The smallest absolute Gasteiger partial charge is 0.272 e. The summed E-state index contributed by atoms with van der Waals surface area (Å²) in [4.78, 5) is 43.1. The summed E-state index contributed by atoms with van der Waals surface area (Å²) < 4.78 is 5.32. The van der Waals surface area contributed by atoms with Crippen LogP contribution in [0.25, 0.3) is 6.08 Å². The van der Waals surface area contributed by atoms with Crippen LogP contribution in [0.1, 0.15) is 23.0 Å². The van der Waals surface area contributed by atoms with E-state index >= 15 is 0 Å². The summed E-state index contributed by atoms with van der Waals surface area (Å²) >= 11 is 2.70. The molecule has 36 heavy (non-hydrogen) atoms. The van der Waals surface area contributed by atoms with E-state index in [1.54, 1.807) is 79.2 Å². The Balaban J connectivity index is 1.45. The van der Waals surface area contributed by atoms with Gasteiger partial charge in [0, 0.05) is 33.8 Å². The standard InChI is InChI=1S/C26H22N4O4S2/c1-17(23(31)30-26-27-12-14-35-26)36-21-11-5-9-19(15-21)28-25(33)22(16-20-10-6-13-34-20)29-24(32)18-7-3-2-4-8-18/h2-17H,1H3,(H,28,33)(H,29,32)(H,27,30,31)/b22-16-. The molecule has 1 unspecified atom stereocenters. The van der Waals surface area contributed by atoms with Crippen LogP contribution < -0.4 is 16.0 Å². The molecule has 0 aliphatic heterocycles. The molecule has 1 atom stereocenters. The van der Waals surface area contributed by atoms with Gasteiger partial charge in [0.05, 0.1) is 11.5 Å². The molecule has 3 N–H and O–H groups in total. The topological polar surface area (TPSA) is 113 Å². The van der Waals surface area contributed by atoms with E-state index < -0.39 is 11.8 Å². The second-order valence-corrected chi connectivity index (χ2v) is 9.77. The van der Waals surface area contributed by atoms with Gasteiger partial charge in [-0.2, -0.15) is 0 Å². The van der Waals surface area contributed by atoms with Crippen molar-refractivity contribution in [3.63, 3.8) is 0 Å². The van der Waals surface area contributed by atoms with Crippen LogP contribution in [0.2, 0.25) is 0 Å². The maximum absolute atomic E-state index is 13.1. The van der Waals surface area contributed by atoms with Gasteiger partial charge in [-0.15, -0.1) is 23.1 Å². The van der Waals surface area contributed by atoms with Crippen LogP contribution in [0, 0.1) is 0 Å². The second kappa shape index (κ2) is 12.0. The van der Waals surface area contributed by atoms with E-state index in [9.17, 15) is 14.4 Å². The third kappa shape index (κ3) is 6.94. The molecule has 0 radical (unpaired) electrons. The van der Waals surface area contributed by atoms with Crippen molar-refractivity contribution in [2.24, 2.45) is 0 Å². The Bertz CT molecular complexity index is 1350. The first-order chi connectivity index (χ1) is 17.5. The van der Waals surface area contributed by atoms with Crippen molar-refractivity contribution in [2.45, 2.75) is 17.1 Å². The molecule has 0 aliphatic carbocycles. The number of rotatable bonds is 9. The Kier molecular flexibility index (Phi) is 8.32. The van der Waals surface area contributed by atoms with Crippen molar-refractivity contribution in [3.8, 4) is 0 Å². The monoisotopic (exact) mass is 518 g/mol. The van der Waals surface area contributed by atoms with Crippen LogP contribution in [0.5, 0.6) is 0 Å². The molecule has 0 saturated heterocycles. The molecule has 10 heteroatoms. The Morgan fingerprint density at radius 3 is 2.58 bits per heavy atom. The number of anilines is 2. The molecule has 4 rings (SSSR count). The number of furan rings is 1. The second-order valence-electron chi connectivity index (χ2n) is 7.46. The number of nitrogens with one attached hydrogen (secondary N) is 3. The molecule has 2 aromatic heterocycles. The van der Waals surface area contributed by atoms with E-state index in [0.717, 1.165) is 4.90 Å². The number of thioether (sulfide) groups is 1. The number of carbonyl (C=O) groups is 3. The molecule has 182 valence electrons. The van der Waals surface area contributed by atoms with Gasteiger partial charge in [-0.25, -0.2) is 4.98 Å². The fourth-order valence-electron chi connectivity index (χ4n) is 3.05. The van der Waals surface area contributed by atoms with E-state index in [4.69, 9.17) is 4.42 Å². The van der Waals surface area contributed by atoms with E-state index in [1.165, 1.54) is 35.4 Å². The highest BCUT2D eigenvalue weighted by Gasteiger charge is 2.18. The van der Waals surface area contributed by atoms with Crippen molar-refractivity contribution >= 4 is 57.7 Å². The summed E-state index contributed by atoms with van der Waals surface area (Å²) in [6, 6.07) is 19.1. The van der Waals surface area contributed by atoms with Crippen molar-refractivity contribution < 1.29 is 18.8 Å². The van der Waals surface area contributed by atoms with Gasteiger partial charge in [-0.3, -0.25) is 14.4 Å². The highest BCUT2D eigenvalue weighted by molar-refractivity contribution is 8.00. The molecule has 2 heterocycles. The Morgan fingerprint density at radius 2 is 1.86 bits per heavy atom. The lowest BCUT2D eigenvalue weighted by Crippen LogP contribution is -2.30. The highest BCUT2D eigenvalue weighted by Crippen LogP contribution is 2.27. The first-order valence-corrected chi connectivity index (χ1v) is 12.6. The lowest BCUT2D eigenvalue weighted by Gasteiger charge is -2.13. The van der Waals surface area contributed by atoms with Gasteiger partial charge in [0.1, 0.15) is 11.5 Å². The summed E-state index contributed by atoms with van der Waals surface area (Å²) in [5.74, 6) is -0.699. The zero-order chi connectivity index (χ0) is 25.3. The number of benzene rings is 2. The van der Waals surface area contributed by atoms with Gasteiger partial charge in [0.25, 0.3) is 11.8 Å². The van der Waals surface area contributed by atoms with E-state index in [-0.39, 0.29) is 16.9 Å². The summed E-state index contributed by atoms with van der Waals surface area (Å²) in [5.41, 5.74) is 0.948. The SMILES string of the molecule is CC(Sc1cccc(NC(=O)/C(=C/c2ccco2)NC(=O)c2ccccc2)c1)C(=O)Nc1nccs1. The number of hydrogen-bond donors (Lipinski definition) is 3. The molecule has 0 spiro atoms. The summed E-state index contributed by atoms with van der Waals surface area (Å²) in [6.45, 7) is 1.79. The van der Waals surface area contributed by atoms with Crippen LogP contribution in [0.3, 0.4) is 0 Å². The van der Waals surface area contributed by atoms with Gasteiger partial charge in [0.15, 0.2) is 5.13 Å². The third-order valence-corrected chi connectivity index (χ3v) is 6.58. The summed E-state index contributed by atoms with van der Waals surface area (Å²) in [7, 11) is 0. The van der Waals surface area contributed by atoms with E-state index in [2.05, 4.69) is 20.9 Å². The fraction of sp³-hybridized carbons (Fsp3) is 0.0769. The third-order valence-electron chi connectivity index (χ3n) is 4.80. The van der Waals surface area contributed by atoms with Gasteiger partial charge < -0.3 is 20.4 Å². The molecule has 8 nitrogen and oxygen atoms in total. The Morgan fingerprint density at radius 1 is 1.03 bits per heavy atom. The molecule has 4 aromatic rings. The van der Waals surface area contributed by atoms with Crippen LogP contribution in [0.4, 0.5) is 10.8 Å². The zero-order valence-electron chi connectivity index (χ0n) is 19.1. The first-order valence-electron chi connectivity index (χ1n) is 10.9. The number of hydrogen-bond acceptors (Lipinski definition) is 7. The average molecular weight is 519 g/mol. The van der Waals surface area contributed by atoms with Crippen molar-refractivity contribution in [1.82, 2.24) is 10.3 Å². The summed E-state index contributed by atoms with van der Waals surface area (Å²) in [5, 5.41) is 10.2. The number of thiazole rings is 1. The van der Waals surface area contributed by atoms with E-state index in [1.807, 2.05) is 6.07 Å². The van der Waals surface area contributed by atoms with Crippen LogP contribution in [-0.4, -0.2) is 28.0 Å². The van der Waals surface area contributed by atoms with E-state index in [0.29, 0.717) is 22.1 Å². The van der Waals surface area contributed by atoms with Gasteiger partial charge >= 0.3 is 0 Å². The quantitative estimate of drug-likeness (QED) is 0.206. The normalized spacial score (nSPS) is 12.0. The number of carbonyl (C=O) groups excluding carboxylic acids is 3. The van der Waals surface area contributed by atoms with Crippen molar-refractivity contribution in [3.05, 3.63) is 102 Å². The lowest BCUT2D eigenvalue weighted by molar-refractivity contribution is -0.115. The molecular formula is C26H22N4O4S2. The molecule has 0 fully saturated rings. The summed E-state index contributed by atoms with van der Waals surface area (Å²) in [6.07, 6.45) is 4.56. The van der Waals surface area contributed by atoms with Gasteiger partial charge in [-0.1, -0.05) is 24.3 Å². The van der Waals surface area contributed by atoms with Gasteiger partial charge in [-0.05, 0) is 49.4 Å². The lowest BCUT2D eigenvalue weighted by atomic mass is 10.2.